The fourth-order valence-corrected chi connectivity index (χ4v) is 4.21. The number of carbonyl (C=O) groups is 2. The molecule has 4 nitrogen and oxygen atoms in total. The van der Waals surface area contributed by atoms with Crippen LogP contribution in [0.15, 0.2) is 54.6 Å². The van der Waals surface area contributed by atoms with Crippen LogP contribution in [-0.4, -0.2) is 35.0 Å². The molecular formula is C21H20ClNO3. The van der Waals surface area contributed by atoms with Crippen molar-refractivity contribution < 1.29 is 14.7 Å². The Hall–Kier alpha value is -2.33. The Kier molecular flexibility index (Phi) is 4.23. The average Bonchev–Trinajstić information content (AvgIpc) is 3.33. The van der Waals surface area contributed by atoms with Crippen molar-refractivity contribution in [3.8, 4) is 0 Å². The lowest BCUT2D eigenvalue weighted by atomic mass is 9.89. The van der Waals surface area contributed by atoms with Crippen molar-refractivity contribution in [1.29, 1.82) is 0 Å². The summed E-state index contributed by atoms with van der Waals surface area (Å²) < 4.78 is 0. The number of hydrogen-bond acceptors (Lipinski definition) is 2. The molecule has 2 aromatic rings. The minimum Gasteiger partial charge on any atom is -0.481 e. The molecule has 4 rings (SSSR count). The molecule has 2 aromatic carbocycles. The topological polar surface area (TPSA) is 57.6 Å². The summed E-state index contributed by atoms with van der Waals surface area (Å²) in [7, 11) is 0. The summed E-state index contributed by atoms with van der Waals surface area (Å²) in [4.78, 5) is 26.8. The molecule has 1 heterocycles. The zero-order valence-electron chi connectivity index (χ0n) is 14.3. The maximum Gasteiger partial charge on any atom is 0.308 e. The molecule has 0 radical (unpaired) electrons. The van der Waals surface area contributed by atoms with Gasteiger partial charge in [0.15, 0.2) is 0 Å². The van der Waals surface area contributed by atoms with Gasteiger partial charge in [-0.05, 0) is 36.1 Å². The van der Waals surface area contributed by atoms with Crippen LogP contribution in [0.3, 0.4) is 0 Å². The first-order valence-electron chi connectivity index (χ1n) is 8.84. The minimum atomic E-state index is -0.842. The fraction of sp³-hybridized carbons (Fsp3) is 0.333. The predicted octanol–water partition coefficient (Wildman–Crippen LogP) is 3.70. The second kappa shape index (κ2) is 6.44. The van der Waals surface area contributed by atoms with Crippen molar-refractivity contribution in [2.75, 3.05) is 13.1 Å². The summed E-state index contributed by atoms with van der Waals surface area (Å²) in [5, 5.41) is 10.3. The van der Waals surface area contributed by atoms with E-state index in [1.54, 1.807) is 17.0 Å². The summed E-state index contributed by atoms with van der Waals surface area (Å²) in [5.74, 6) is -1.53. The number of rotatable bonds is 4. The number of aliphatic carboxylic acids is 1. The standard InChI is InChI=1S/C21H20ClNO3/c22-16-8-6-15(7-9-16)21(10-11-21)20(26)23-12-17(18(13-23)19(24)25)14-4-2-1-3-5-14/h1-9,17-18H,10-13H2,(H,24,25)/t17-,18+/m0/s1. The number of carboxylic acids is 1. The van der Waals surface area contributed by atoms with Crippen molar-refractivity contribution in [2.45, 2.75) is 24.2 Å². The van der Waals surface area contributed by atoms with E-state index in [4.69, 9.17) is 11.6 Å². The fourth-order valence-electron chi connectivity index (χ4n) is 4.08. The van der Waals surface area contributed by atoms with Crippen LogP contribution in [0.5, 0.6) is 0 Å². The number of nitrogens with zero attached hydrogens (tertiary/aromatic N) is 1. The lowest BCUT2D eigenvalue weighted by Crippen LogP contribution is -2.38. The van der Waals surface area contributed by atoms with Gasteiger partial charge in [0.25, 0.3) is 0 Å². The zero-order valence-corrected chi connectivity index (χ0v) is 15.0. The Morgan fingerprint density at radius 1 is 1.00 bits per heavy atom. The van der Waals surface area contributed by atoms with Crippen LogP contribution in [0.2, 0.25) is 5.02 Å². The van der Waals surface area contributed by atoms with Crippen LogP contribution in [0, 0.1) is 5.92 Å². The molecule has 0 aromatic heterocycles. The van der Waals surface area contributed by atoms with Gasteiger partial charge in [0.05, 0.1) is 11.3 Å². The lowest BCUT2D eigenvalue weighted by Gasteiger charge is -2.23. The maximum absolute atomic E-state index is 13.3. The predicted molar refractivity (Wildman–Crippen MR) is 99.3 cm³/mol. The van der Waals surface area contributed by atoms with E-state index >= 15 is 0 Å². The summed E-state index contributed by atoms with van der Waals surface area (Å²) in [6, 6.07) is 17.1. The van der Waals surface area contributed by atoms with E-state index in [9.17, 15) is 14.7 Å². The van der Waals surface area contributed by atoms with Crippen LogP contribution >= 0.6 is 11.6 Å². The Morgan fingerprint density at radius 3 is 2.23 bits per heavy atom. The minimum absolute atomic E-state index is 0.0458. The van der Waals surface area contributed by atoms with E-state index in [1.165, 1.54) is 0 Å². The molecule has 0 unspecified atom stereocenters. The molecule has 1 amide bonds. The highest BCUT2D eigenvalue weighted by atomic mass is 35.5. The van der Waals surface area contributed by atoms with Crippen LogP contribution in [0.4, 0.5) is 0 Å². The molecule has 1 N–H and O–H groups in total. The second-order valence-corrected chi connectivity index (χ2v) is 7.70. The van der Waals surface area contributed by atoms with E-state index in [2.05, 4.69) is 0 Å². The number of carbonyl (C=O) groups excluding carboxylic acids is 1. The first-order chi connectivity index (χ1) is 12.5. The van der Waals surface area contributed by atoms with E-state index in [-0.39, 0.29) is 18.4 Å². The van der Waals surface area contributed by atoms with Gasteiger partial charge in [0.2, 0.25) is 5.91 Å². The van der Waals surface area contributed by atoms with Gasteiger partial charge in [0, 0.05) is 24.0 Å². The molecule has 2 aliphatic rings. The van der Waals surface area contributed by atoms with Gasteiger partial charge < -0.3 is 10.0 Å². The van der Waals surface area contributed by atoms with Crippen LogP contribution < -0.4 is 0 Å². The molecular weight excluding hydrogens is 350 g/mol. The Morgan fingerprint density at radius 2 is 1.65 bits per heavy atom. The zero-order chi connectivity index (χ0) is 18.3. The van der Waals surface area contributed by atoms with Gasteiger partial charge in [-0.2, -0.15) is 0 Å². The van der Waals surface area contributed by atoms with Crippen LogP contribution in [0.1, 0.15) is 29.9 Å². The maximum atomic E-state index is 13.3. The van der Waals surface area contributed by atoms with Gasteiger partial charge in [-0.15, -0.1) is 0 Å². The van der Waals surface area contributed by atoms with Gasteiger partial charge in [-0.1, -0.05) is 54.1 Å². The van der Waals surface area contributed by atoms with Crippen molar-refractivity contribution >= 4 is 23.5 Å². The van der Waals surface area contributed by atoms with E-state index in [0.29, 0.717) is 11.6 Å². The molecule has 0 bridgehead atoms. The molecule has 5 heteroatoms. The highest BCUT2D eigenvalue weighted by Crippen LogP contribution is 2.51. The monoisotopic (exact) mass is 369 g/mol. The molecule has 1 saturated heterocycles. The summed E-state index contributed by atoms with van der Waals surface area (Å²) in [6.07, 6.45) is 1.61. The van der Waals surface area contributed by atoms with Crippen molar-refractivity contribution in [1.82, 2.24) is 4.90 Å². The third kappa shape index (κ3) is 2.88. The Labute approximate surface area is 157 Å². The average molecular weight is 370 g/mol. The highest BCUT2D eigenvalue weighted by molar-refractivity contribution is 6.30. The molecule has 2 atom stereocenters. The molecule has 1 saturated carbocycles. The van der Waals surface area contributed by atoms with E-state index in [1.807, 2.05) is 42.5 Å². The number of halogens is 1. The molecule has 2 fully saturated rings. The van der Waals surface area contributed by atoms with Crippen LogP contribution in [-0.2, 0) is 15.0 Å². The SMILES string of the molecule is O=C(O)[C@@H]1CN(C(=O)C2(c3ccc(Cl)cc3)CC2)C[C@H]1c1ccccc1. The largest absolute Gasteiger partial charge is 0.481 e. The Bertz CT molecular complexity index is 830. The molecule has 1 aliphatic carbocycles. The molecule has 134 valence electrons. The van der Waals surface area contributed by atoms with Gasteiger partial charge in [-0.25, -0.2) is 0 Å². The number of amides is 1. The van der Waals surface area contributed by atoms with E-state index < -0.39 is 17.3 Å². The third-order valence-electron chi connectivity index (χ3n) is 5.71. The van der Waals surface area contributed by atoms with Gasteiger partial charge in [0.1, 0.15) is 0 Å². The highest BCUT2D eigenvalue weighted by Gasteiger charge is 2.55. The first kappa shape index (κ1) is 17.1. The van der Waals surface area contributed by atoms with Gasteiger partial charge >= 0.3 is 5.97 Å². The second-order valence-electron chi connectivity index (χ2n) is 7.26. The third-order valence-corrected chi connectivity index (χ3v) is 5.96. The van der Waals surface area contributed by atoms with Crippen molar-refractivity contribution in [3.05, 3.63) is 70.7 Å². The van der Waals surface area contributed by atoms with Crippen LogP contribution in [0.25, 0.3) is 0 Å². The Balaban J connectivity index is 1.59. The first-order valence-corrected chi connectivity index (χ1v) is 9.22. The molecule has 1 aliphatic heterocycles. The quantitative estimate of drug-likeness (QED) is 0.894. The van der Waals surface area contributed by atoms with Crippen molar-refractivity contribution in [2.24, 2.45) is 5.92 Å². The normalized spacial score (nSPS) is 23.7. The molecule has 26 heavy (non-hydrogen) atoms. The van der Waals surface area contributed by atoms with Crippen molar-refractivity contribution in [3.63, 3.8) is 0 Å². The number of hydrogen-bond donors (Lipinski definition) is 1. The van der Waals surface area contributed by atoms with Gasteiger partial charge in [-0.3, -0.25) is 9.59 Å². The molecule has 0 spiro atoms. The smallest absolute Gasteiger partial charge is 0.308 e. The summed E-state index contributed by atoms with van der Waals surface area (Å²) >= 11 is 5.97. The number of benzene rings is 2. The summed E-state index contributed by atoms with van der Waals surface area (Å²) in [5.41, 5.74) is 1.45. The number of carboxylic acid groups (broad SMARTS) is 1. The lowest BCUT2D eigenvalue weighted by molar-refractivity contribution is -0.142. The number of likely N-dealkylation sites (tertiary alicyclic amines) is 1. The van der Waals surface area contributed by atoms with E-state index in [0.717, 1.165) is 24.0 Å². The summed E-state index contributed by atoms with van der Waals surface area (Å²) in [6.45, 7) is 0.720.